The van der Waals surface area contributed by atoms with Gasteiger partial charge in [-0.15, -0.1) is 0 Å². The maximum Gasteiger partial charge on any atom is 0.104 e. The van der Waals surface area contributed by atoms with Gasteiger partial charge in [0.05, 0.1) is 11.0 Å². The summed E-state index contributed by atoms with van der Waals surface area (Å²) in [6, 6.07) is 11.5. The lowest BCUT2D eigenvalue weighted by Gasteiger charge is -2.13. The topological polar surface area (TPSA) is 28.7 Å². The zero-order chi connectivity index (χ0) is 14.4. The second-order valence-electron chi connectivity index (χ2n) is 6.19. The Morgan fingerprint density at radius 3 is 2.43 bits per heavy atom. The Morgan fingerprint density at radius 2 is 1.57 bits per heavy atom. The van der Waals surface area contributed by atoms with Gasteiger partial charge >= 0.3 is 0 Å². The number of nitrogens with one attached hydrogen (secondary N) is 1. The van der Waals surface area contributed by atoms with Gasteiger partial charge in [-0.3, -0.25) is 0 Å². The maximum atomic E-state index is 4.73. The number of aromatic amines is 1. The van der Waals surface area contributed by atoms with E-state index < -0.39 is 0 Å². The van der Waals surface area contributed by atoms with Crippen LogP contribution in [0, 0.1) is 13.8 Å². The van der Waals surface area contributed by atoms with Crippen molar-refractivity contribution >= 4 is 11.0 Å². The lowest BCUT2D eigenvalue weighted by atomic mass is 9.93. The maximum absolute atomic E-state index is 4.73. The average molecular weight is 276 g/mol. The summed E-state index contributed by atoms with van der Waals surface area (Å²) in [6.45, 7) is 4.28. The molecular formula is C19H20N2. The second kappa shape index (κ2) is 4.73. The lowest BCUT2D eigenvalue weighted by molar-refractivity contribution is 0.921. The first-order chi connectivity index (χ1) is 10.2. The molecular weight excluding hydrogens is 256 g/mol. The largest absolute Gasteiger partial charge is 0.342 e. The van der Waals surface area contributed by atoms with Crippen LogP contribution in [0.3, 0.4) is 0 Å². The number of hydrogen-bond acceptors (Lipinski definition) is 1. The van der Waals surface area contributed by atoms with E-state index in [9.17, 15) is 0 Å². The molecule has 106 valence electrons. The summed E-state index contributed by atoms with van der Waals surface area (Å²) in [5, 5.41) is 0. The molecule has 0 spiro atoms. The highest BCUT2D eigenvalue weighted by Crippen LogP contribution is 2.25. The Bertz CT molecular complexity index is 827. The molecule has 2 aromatic carbocycles. The van der Waals surface area contributed by atoms with Crippen molar-refractivity contribution in [1.82, 2.24) is 9.97 Å². The monoisotopic (exact) mass is 276 g/mol. The van der Waals surface area contributed by atoms with Crippen LogP contribution >= 0.6 is 0 Å². The third-order valence-electron chi connectivity index (χ3n) is 4.69. The third-order valence-corrected chi connectivity index (χ3v) is 4.69. The lowest BCUT2D eigenvalue weighted by Crippen LogP contribution is -2.01. The van der Waals surface area contributed by atoms with Gasteiger partial charge in [-0.25, -0.2) is 4.98 Å². The Balaban J connectivity index is 1.89. The van der Waals surface area contributed by atoms with Crippen LogP contribution in [-0.4, -0.2) is 9.97 Å². The summed E-state index contributed by atoms with van der Waals surface area (Å²) in [5.41, 5.74) is 9.50. The van der Waals surface area contributed by atoms with Gasteiger partial charge in [-0.1, -0.05) is 30.3 Å². The van der Waals surface area contributed by atoms with E-state index in [-0.39, 0.29) is 0 Å². The molecule has 0 saturated heterocycles. The molecule has 3 aromatic rings. The van der Waals surface area contributed by atoms with Crippen LogP contribution < -0.4 is 0 Å². The summed E-state index contributed by atoms with van der Waals surface area (Å²) in [7, 11) is 0. The van der Waals surface area contributed by atoms with Gasteiger partial charge < -0.3 is 4.98 Å². The van der Waals surface area contributed by atoms with Crippen LogP contribution in [-0.2, 0) is 25.7 Å². The van der Waals surface area contributed by atoms with E-state index in [2.05, 4.69) is 42.2 Å². The molecule has 2 heteroatoms. The van der Waals surface area contributed by atoms with Gasteiger partial charge in [-0.05, 0) is 67.3 Å². The molecule has 0 radical (unpaired) electrons. The molecule has 4 bridgehead atoms. The number of aryl methyl sites for hydroxylation is 6. The van der Waals surface area contributed by atoms with Crippen molar-refractivity contribution < 1.29 is 0 Å². The van der Waals surface area contributed by atoms with Gasteiger partial charge in [0.1, 0.15) is 5.82 Å². The molecule has 1 heterocycles. The highest BCUT2D eigenvalue weighted by atomic mass is 14.9. The molecule has 0 aliphatic heterocycles. The zero-order valence-corrected chi connectivity index (χ0v) is 12.7. The van der Waals surface area contributed by atoms with Crippen molar-refractivity contribution in [1.29, 1.82) is 0 Å². The molecule has 0 amide bonds. The van der Waals surface area contributed by atoms with Gasteiger partial charge in [-0.2, -0.15) is 0 Å². The first kappa shape index (κ1) is 12.6. The highest BCUT2D eigenvalue weighted by molar-refractivity contribution is 5.82. The van der Waals surface area contributed by atoms with Crippen LogP contribution in [0.25, 0.3) is 11.0 Å². The summed E-state index contributed by atoms with van der Waals surface area (Å²) in [4.78, 5) is 8.19. The second-order valence-corrected chi connectivity index (χ2v) is 6.19. The molecule has 1 aromatic heterocycles. The molecule has 0 unspecified atom stereocenters. The Hall–Kier alpha value is -2.09. The van der Waals surface area contributed by atoms with Crippen LogP contribution in [0.15, 0.2) is 30.3 Å². The number of imidazole rings is 1. The van der Waals surface area contributed by atoms with Gasteiger partial charge in [0.15, 0.2) is 0 Å². The molecule has 7 rings (SSSR count). The standard InChI is InChI=1S/C19H20N2/c1-12-11-14-3-5-15(12)7-8-17-10-9-16(6-4-14)18-19(17)21-13(2)20-18/h3,5,9-11H,4,6-8H2,1-2H3,(H,20,21). The first-order valence-corrected chi connectivity index (χ1v) is 7.76. The van der Waals surface area contributed by atoms with E-state index in [0.29, 0.717) is 0 Å². The molecule has 2 nitrogen and oxygen atoms in total. The average Bonchev–Trinajstić information content (AvgIpc) is 2.84. The van der Waals surface area contributed by atoms with Crippen molar-refractivity contribution in [3.05, 3.63) is 64.0 Å². The van der Waals surface area contributed by atoms with Crippen LogP contribution in [0.2, 0.25) is 0 Å². The number of H-pyrrole nitrogens is 1. The minimum atomic E-state index is 1.02. The fourth-order valence-electron chi connectivity index (χ4n) is 3.47. The van der Waals surface area contributed by atoms with Gasteiger partial charge in [0.2, 0.25) is 0 Å². The minimum absolute atomic E-state index is 1.02. The third kappa shape index (κ3) is 2.15. The van der Waals surface area contributed by atoms with E-state index in [0.717, 1.165) is 31.5 Å². The molecule has 0 atom stereocenters. The number of benzene rings is 2. The Kier molecular flexibility index (Phi) is 2.85. The van der Waals surface area contributed by atoms with E-state index in [1.807, 2.05) is 6.92 Å². The fourth-order valence-corrected chi connectivity index (χ4v) is 3.47. The van der Waals surface area contributed by atoms with Crippen molar-refractivity contribution in [2.24, 2.45) is 0 Å². The summed E-state index contributed by atoms with van der Waals surface area (Å²) in [6.07, 6.45) is 4.30. The van der Waals surface area contributed by atoms with E-state index in [4.69, 9.17) is 4.98 Å². The number of nitrogens with zero attached hydrogens (tertiary/aromatic N) is 1. The zero-order valence-electron chi connectivity index (χ0n) is 12.7. The number of hydrogen-bond donors (Lipinski definition) is 1. The van der Waals surface area contributed by atoms with Crippen LogP contribution in [0.1, 0.15) is 33.6 Å². The van der Waals surface area contributed by atoms with Crippen LogP contribution in [0.5, 0.6) is 0 Å². The summed E-state index contributed by atoms with van der Waals surface area (Å²) in [5.74, 6) is 1.02. The molecule has 21 heavy (non-hydrogen) atoms. The first-order valence-electron chi connectivity index (χ1n) is 7.76. The van der Waals surface area contributed by atoms with E-state index in [1.54, 1.807) is 0 Å². The minimum Gasteiger partial charge on any atom is -0.342 e. The number of aromatic nitrogens is 2. The van der Waals surface area contributed by atoms with Gasteiger partial charge in [0, 0.05) is 0 Å². The Labute approximate surface area is 125 Å². The highest BCUT2D eigenvalue weighted by Gasteiger charge is 2.13. The number of rotatable bonds is 0. The van der Waals surface area contributed by atoms with Crippen LogP contribution in [0.4, 0.5) is 0 Å². The quantitative estimate of drug-likeness (QED) is 0.659. The molecule has 4 aliphatic carbocycles. The SMILES string of the molecule is Cc1nc2c3ccc(c2[nH]1)CCc1ccc(c(C)c1)CC3. The molecule has 4 aliphatic rings. The summed E-state index contributed by atoms with van der Waals surface area (Å²) >= 11 is 0. The predicted octanol–water partition coefficient (Wildman–Crippen LogP) is 4.06. The van der Waals surface area contributed by atoms with Crippen molar-refractivity contribution in [3.8, 4) is 0 Å². The fraction of sp³-hybridized carbons (Fsp3) is 0.316. The van der Waals surface area contributed by atoms with E-state index in [1.165, 1.54) is 38.9 Å². The summed E-state index contributed by atoms with van der Waals surface area (Å²) < 4.78 is 0. The van der Waals surface area contributed by atoms with Crippen molar-refractivity contribution in [2.75, 3.05) is 0 Å². The molecule has 0 saturated carbocycles. The smallest absolute Gasteiger partial charge is 0.104 e. The molecule has 1 N–H and O–H groups in total. The predicted molar refractivity (Wildman–Crippen MR) is 86.8 cm³/mol. The Morgan fingerprint density at radius 1 is 0.857 bits per heavy atom. The van der Waals surface area contributed by atoms with Crippen molar-refractivity contribution in [2.45, 2.75) is 39.5 Å². The molecule has 0 fully saturated rings. The van der Waals surface area contributed by atoms with E-state index >= 15 is 0 Å². The normalized spacial score (nSPS) is 14.4. The van der Waals surface area contributed by atoms with Crippen molar-refractivity contribution in [3.63, 3.8) is 0 Å². The van der Waals surface area contributed by atoms with Gasteiger partial charge in [0.25, 0.3) is 0 Å².